The molecule has 0 spiro atoms. The zero-order chi connectivity index (χ0) is 33.6. The summed E-state index contributed by atoms with van der Waals surface area (Å²) in [4.78, 5) is 23.9. The molecule has 2 saturated heterocycles. The lowest BCUT2D eigenvalue weighted by Gasteiger charge is -2.31. The molecular formula is C32H42N2O12S. The van der Waals surface area contributed by atoms with Crippen molar-refractivity contribution in [3.8, 4) is 17.2 Å². The predicted molar refractivity (Wildman–Crippen MR) is 166 cm³/mol. The van der Waals surface area contributed by atoms with Crippen LogP contribution in [0, 0.1) is 11.8 Å². The van der Waals surface area contributed by atoms with E-state index in [0.717, 1.165) is 5.56 Å². The van der Waals surface area contributed by atoms with Gasteiger partial charge in [-0.15, -0.1) is 0 Å². The maximum atomic E-state index is 13.9. The van der Waals surface area contributed by atoms with Crippen molar-refractivity contribution in [2.24, 2.45) is 11.8 Å². The number of benzene rings is 2. The number of rotatable bonds is 16. The van der Waals surface area contributed by atoms with Crippen molar-refractivity contribution in [1.82, 2.24) is 9.62 Å². The van der Waals surface area contributed by atoms with Crippen LogP contribution in [0.1, 0.15) is 38.7 Å². The molecule has 2 aromatic carbocycles. The number of nitrogens with one attached hydrogen (secondary N) is 1. The van der Waals surface area contributed by atoms with Gasteiger partial charge in [-0.25, -0.2) is 13.2 Å². The number of ether oxygens (including phenoxy) is 6. The number of nitrogens with zero attached hydrogens (tertiary/aromatic N) is 1. The van der Waals surface area contributed by atoms with Gasteiger partial charge in [0.2, 0.25) is 16.8 Å². The van der Waals surface area contributed by atoms with Crippen molar-refractivity contribution in [1.29, 1.82) is 0 Å². The molecule has 0 radical (unpaired) electrons. The molecule has 2 fully saturated rings. The quantitative estimate of drug-likeness (QED) is 0.222. The number of carbonyl (C=O) groups excluding carboxylic acids is 1. The number of hydrogen-bond donors (Lipinski definition) is 3. The summed E-state index contributed by atoms with van der Waals surface area (Å²) in [7, 11) is -4.09. The number of fused-ring (bicyclic) bond motifs is 2. The molecule has 15 heteroatoms. The second-order valence-electron chi connectivity index (χ2n) is 12.2. The highest BCUT2D eigenvalue weighted by Gasteiger charge is 2.44. The minimum Gasteiger partial charge on any atom is -0.494 e. The molecule has 3 aliphatic rings. The van der Waals surface area contributed by atoms with Crippen LogP contribution in [0.5, 0.6) is 17.2 Å². The number of aliphatic carboxylic acids is 1. The second-order valence-corrected chi connectivity index (χ2v) is 14.1. The van der Waals surface area contributed by atoms with Crippen molar-refractivity contribution >= 4 is 22.1 Å². The molecule has 5 atom stereocenters. The van der Waals surface area contributed by atoms with E-state index in [1.165, 1.54) is 22.5 Å². The van der Waals surface area contributed by atoms with Gasteiger partial charge >= 0.3 is 12.1 Å². The molecule has 2 unspecified atom stereocenters. The van der Waals surface area contributed by atoms with Crippen LogP contribution in [-0.4, -0.2) is 99.2 Å². The average molecular weight is 679 g/mol. The van der Waals surface area contributed by atoms with E-state index >= 15 is 0 Å². The first-order valence-corrected chi connectivity index (χ1v) is 17.2. The first-order chi connectivity index (χ1) is 22.5. The van der Waals surface area contributed by atoms with Gasteiger partial charge in [0.25, 0.3) is 0 Å². The van der Waals surface area contributed by atoms with E-state index in [2.05, 4.69) is 5.32 Å². The lowest BCUT2D eigenvalue weighted by Crippen LogP contribution is -2.51. The lowest BCUT2D eigenvalue weighted by atomic mass is 10.0. The fourth-order valence-corrected chi connectivity index (χ4v) is 7.38. The van der Waals surface area contributed by atoms with E-state index in [1.807, 2.05) is 13.8 Å². The Bertz CT molecular complexity index is 1490. The molecule has 0 aliphatic carbocycles. The van der Waals surface area contributed by atoms with Crippen LogP contribution in [0.15, 0.2) is 47.4 Å². The normalized spacial score (nSPS) is 21.4. The molecule has 0 bridgehead atoms. The molecule has 3 N–H and O–H groups in total. The molecule has 3 aliphatic heterocycles. The second kappa shape index (κ2) is 15.5. The minimum absolute atomic E-state index is 0.000950. The Kier molecular flexibility index (Phi) is 11.5. The molecule has 14 nitrogen and oxygen atoms in total. The van der Waals surface area contributed by atoms with Crippen LogP contribution in [0.4, 0.5) is 4.79 Å². The SMILES string of the molecule is CC(C)CN(C[C@@H](O)[C@H](Cc1ccc(OCCCC(=O)O)cc1)NC(=O)OC1CO[C@H]2OCCC12)S(=O)(=O)c1ccc2c(c1)OCO2. The zero-order valence-corrected chi connectivity index (χ0v) is 27.2. The fourth-order valence-electron chi connectivity index (χ4n) is 5.74. The Morgan fingerprint density at radius 3 is 2.57 bits per heavy atom. The summed E-state index contributed by atoms with van der Waals surface area (Å²) in [5.41, 5.74) is 0.731. The summed E-state index contributed by atoms with van der Waals surface area (Å²) in [5, 5.41) is 23.2. The Morgan fingerprint density at radius 2 is 1.83 bits per heavy atom. The third kappa shape index (κ3) is 9.05. The first kappa shape index (κ1) is 34.7. The van der Waals surface area contributed by atoms with Gasteiger partial charge < -0.3 is 44.0 Å². The van der Waals surface area contributed by atoms with Crippen molar-refractivity contribution < 1.29 is 56.6 Å². The number of carboxylic acid groups (broad SMARTS) is 1. The number of carboxylic acids is 1. The third-order valence-electron chi connectivity index (χ3n) is 8.14. The van der Waals surface area contributed by atoms with E-state index in [4.69, 9.17) is 33.5 Å². The lowest BCUT2D eigenvalue weighted by molar-refractivity contribution is -0.137. The Labute approximate surface area is 273 Å². The first-order valence-electron chi connectivity index (χ1n) is 15.7. The topological polar surface area (TPSA) is 179 Å². The van der Waals surface area contributed by atoms with Gasteiger partial charge in [0.1, 0.15) is 11.9 Å². The number of alkyl carbamates (subject to hydrolysis) is 1. The maximum Gasteiger partial charge on any atom is 0.407 e. The van der Waals surface area contributed by atoms with Gasteiger partial charge in [-0.2, -0.15) is 4.31 Å². The Hall–Kier alpha value is -3.63. The molecule has 47 heavy (non-hydrogen) atoms. The standard InChI is InChI=1S/C32H42N2O12S/c1-20(2)16-34(47(39,40)23-9-10-27-28(15-23)45-19-44-27)17-26(35)25(33-32(38)46-29-18-43-31-24(29)11-13-42-31)14-21-5-7-22(8-6-21)41-12-3-4-30(36)37/h5-10,15,20,24-26,29,31,35H,3-4,11-14,16-19H2,1-2H3,(H,33,38)(H,36,37)/t24?,25-,26+,29?,31+/m0/s1. The molecule has 2 aromatic rings. The summed E-state index contributed by atoms with van der Waals surface area (Å²) >= 11 is 0. The minimum atomic E-state index is -4.09. The van der Waals surface area contributed by atoms with Gasteiger partial charge in [-0.1, -0.05) is 26.0 Å². The number of hydrogen-bond acceptors (Lipinski definition) is 11. The summed E-state index contributed by atoms with van der Waals surface area (Å²) in [6.45, 7) is 4.49. The van der Waals surface area contributed by atoms with E-state index < -0.39 is 46.6 Å². The summed E-state index contributed by atoms with van der Waals surface area (Å²) < 4.78 is 62.1. The fraction of sp³-hybridized carbons (Fsp3) is 0.562. The smallest absolute Gasteiger partial charge is 0.407 e. The maximum absolute atomic E-state index is 13.9. The molecule has 3 heterocycles. The molecule has 5 rings (SSSR count). The Morgan fingerprint density at radius 1 is 1.06 bits per heavy atom. The summed E-state index contributed by atoms with van der Waals surface area (Å²) in [6.07, 6.45) is -1.82. The van der Waals surface area contributed by atoms with Gasteiger partial charge in [0, 0.05) is 25.6 Å². The van der Waals surface area contributed by atoms with Crippen LogP contribution < -0.4 is 19.5 Å². The number of carbonyl (C=O) groups is 2. The highest BCUT2D eigenvalue weighted by atomic mass is 32.2. The van der Waals surface area contributed by atoms with Gasteiger partial charge in [-0.3, -0.25) is 4.79 Å². The molecule has 1 amide bonds. The molecule has 258 valence electrons. The number of aliphatic hydroxyl groups excluding tert-OH is 1. The third-order valence-corrected chi connectivity index (χ3v) is 9.96. The summed E-state index contributed by atoms with van der Waals surface area (Å²) in [6, 6.07) is 10.4. The predicted octanol–water partition coefficient (Wildman–Crippen LogP) is 2.77. The van der Waals surface area contributed by atoms with Crippen molar-refractivity contribution in [2.45, 2.75) is 69.0 Å². The molecule has 0 aromatic heterocycles. The van der Waals surface area contributed by atoms with Crippen LogP contribution in [-0.2, 0) is 35.4 Å². The van der Waals surface area contributed by atoms with Gasteiger partial charge in [0.05, 0.1) is 42.8 Å². The zero-order valence-electron chi connectivity index (χ0n) is 26.4. The average Bonchev–Trinajstić information content (AvgIpc) is 3.78. The van der Waals surface area contributed by atoms with Crippen LogP contribution in [0.2, 0.25) is 0 Å². The van der Waals surface area contributed by atoms with Crippen molar-refractivity contribution in [3.63, 3.8) is 0 Å². The number of sulfonamides is 1. The van der Waals surface area contributed by atoms with Crippen molar-refractivity contribution in [3.05, 3.63) is 48.0 Å². The van der Waals surface area contributed by atoms with E-state index in [1.54, 1.807) is 24.3 Å². The van der Waals surface area contributed by atoms with E-state index in [-0.39, 0.29) is 62.7 Å². The highest BCUT2D eigenvalue weighted by Crippen LogP contribution is 2.35. The molecule has 0 saturated carbocycles. The van der Waals surface area contributed by atoms with Crippen LogP contribution in [0.3, 0.4) is 0 Å². The van der Waals surface area contributed by atoms with Gasteiger partial charge in [-0.05, 0) is 55.0 Å². The van der Waals surface area contributed by atoms with E-state index in [0.29, 0.717) is 36.7 Å². The van der Waals surface area contributed by atoms with Gasteiger partial charge in [0.15, 0.2) is 17.8 Å². The van der Waals surface area contributed by atoms with Crippen LogP contribution in [0.25, 0.3) is 0 Å². The van der Waals surface area contributed by atoms with Crippen molar-refractivity contribution in [2.75, 3.05) is 39.7 Å². The summed E-state index contributed by atoms with van der Waals surface area (Å²) in [5.74, 6) is 0.249. The van der Waals surface area contributed by atoms with Crippen LogP contribution >= 0.6 is 0 Å². The molecular weight excluding hydrogens is 636 g/mol. The largest absolute Gasteiger partial charge is 0.494 e. The monoisotopic (exact) mass is 678 g/mol. The number of aliphatic hydroxyl groups is 1. The number of amides is 1. The highest BCUT2D eigenvalue weighted by molar-refractivity contribution is 7.89. The van der Waals surface area contributed by atoms with E-state index in [9.17, 15) is 23.1 Å². The Balaban J connectivity index is 1.31.